The molecule has 7 heteroatoms. The van der Waals surface area contributed by atoms with Gasteiger partial charge in [-0.2, -0.15) is 5.10 Å². The van der Waals surface area contributed by atoms with Crippen molar-refractivity contribution >= 4 is 23.3 Å². The van der Waals surface area contributed by atoms with Gasteiger partial charge in [0.15, 0.2) is 0 Å². The molecular weight excluding hydrogens is 367 g/mol. The Morgan fingerprint density at radius 3 is 2.52 bits per heavy atom. The predicted octanol–water partition coefficient (Wildman–Crippen LogP) is 4.26. The van der Waals surface area contributed by atoms with Crippen molar-refractivity contribution in [3.05, 3.63) is 76.7 Å². The number of rotatable bonds is 6. The summed E-state index contributed by atoms with van der Waals surface area (Å²) >= 11 is 5.90. The number of hydrogen-bond acceptors (Lipinski definition) is 3. The van der Waals surface area contributed by atoms with Crippen molar-refractivity contribution in [1.29, 1.82) is 0 Å². The van der Waals surface area contributed by atoms with Crippen molar-refractivity contribution in [2.75, 3.05) is 11.9 Å². The number of aromatic nitrogens is 2. The third-order valence-corrected chi connectivity index (χ3v) is 4.36. The van der Waals surface area contributed by atoms with Crippen LogP contribution in [0.1, 0.15) is 24.2 Å². The van der Waals surface area contributed by atoms with E-state index in [-0.39, 0.29) is 24.3 Å². The molecule has 0 aliphatic carbocycles. The number of carbonyl (C=O) groups is 1. The summed E-state index contributed by atoms with van der Waals surface area (Å²) in [6, 6.07) is 15.2. The zero-order chi connectivity index (χ0) is 19.4. The maximum absolute atomic E-state index is 13.1. The van der Waals surface area contributed by atoms with Crippen LogP contribution in [0.5, 0.6) is 0 Å². The van der Waals surface area contributed by atoms with E-state index in [9.17, 15) is 9.18 Å². The van der Waals surface area contributed by atoms with E-state index in [1.807, 2.05) is 38.1 Å². The predicted molar refractivity (Wildman–Crippen MR) is 105 cm³/mol. The number of amides is 1. The van der Waals surface area contributed by atoms with E-state index in [1.165, 1.54) is 12.1 Å². The molecule has 0 spiro atoms. The smallest absolute Gasteiger partial charge is 0.239 e. The lowest BCUT2D eigenvalue weighted by Crippen LogP contribution is -2.30. The van der Waals surface area contributed by atoms with Gasteiger partial charge in [-0.3, -0.25) is 4.79 Å². The minimum absolute atomic E-state index is 0.00300. The van der Waals surface area contributed by atoms with Crippen LogP contribution in [0.3, 0.4) is 0 Å². The summed E-state index contributed by atoms with van der Waals surface area (Å²) in [6.07, 6.45) is 0. The molecule has 140 valence electrons. The van der Waals surface area contributed by atoms with E-state index in [4.69, 9.17) is 11.6 Å². The summed E-state index contributed by atoms with van der Waals surface area (Å²) in [5, 5.41) is 11.1. The highest BCUT2D eigenvalue weighted by Crippen LogP contribution is 2.18. The first-order valence-electron chi connectivity index (χ1n) is 8.53. The SMILES string of the molecule is Cc1cc(NC(=O)CNC(C)c2ccc(Cl)cc2)n(-c2ccc(F)cc2)n1. The van der Waals surface area contributed by atoms with E-state index in [0.717, 1.165) is 11.3 Å². The summed E-state index contributed by atoms with van der Waals surface area (Å²) in [7, 11) is 0. The van der Waals surface area contributed by atoms with Crippen LogP contribution >= 0.6 is 11.6 Å². The zero-order valence-electron chi connectivity index (χ0n) is 15.0. The third kappa shape index (κ3) is 4.93. The number of benzene rings is 2. The van der Waals surface area contributed by atoms with Gasteiger partial charge in [-0.05, 0) is 55.8 Å². The van der Waals surface area contributed by atoms with Crippen LogP contribution in [-0.4, -0.2) is 22.2 Å². The minimum Gasteiger partial charge on any atom is -0.309 e. The van der Waals surface area contributed by atoms with E-state index in [2.05, 4.69) is 15.7 Å². The molecule has 1 heterocycles. The number of nitrogens with zero attached hydrogens (tertiary/aromatic N) is 2. The molecule has 3 rings (SSSR count). The molecule has 0 saturated heterocycles. The Morgan fingerprint density at radius 1 is 1.19 bits per heavy atom. The second kappa shape index (κ2) is 8.33. The van der Waals surface area contributed by atoms with Crippen LogP contribution < -0.4 is 10.6 Å². The molecule has 0 aliphatic heterocycles. The molecule has 0 aliphatic rings. The third-order valence-electron chi connectivity index (χ3n) is 4.11. The first kappa shape index (κ1) is 19.1. The second-order valence-corrected chi connectivity index (χ2v) is 6.70. The number of nitrogens with one attached hydrogen (secondary N) is 2. The maximum atomic E-state index is 13.1. The summed E-state index contributed by atoms with van der Waals surface area (Å²) in [4.78, 5) is 12.4. The first-order valence-corrected chi connectivity index (χ1v) is 8.91. The molecule has 0 bridgehead atoms. The van der Waals surface area contributed by atoms with Crippen molar-refractivity contribution in [3.8, 4) is 5.69 Å². The van der Waals surface area contributed by atoms with Crippen molar-refractivity contribution in [2.24, 2.45) is 0 Å². The number of carbonyl (C=O) groups excluding carboxylic acids is 1. The van der Waals surface area contributed by atoms with E-state index in [1.54, 1.807) is 22.9 Å². The first-order chi connectivity index (χ1) is 12.9. The largest absolute Gasteiger partial charge is 0.309 e. The zero-order valence-corrected chi connectivity index (χ0v) is 15.8. The maximum Gasteiger partial charge on any atom is 0.239 e. The fraction of sp³-hybridized carbons (Fsp3) is 0.200. The van der Waals surface area contributed by atoms with Gasteiger partial charge in [-0.15, -0.1) is 0 Å². The molecule has 0 saturated carbocycles. The molecular formula is C20H20ClFN4O. The van der Waals surface area contributed by atoms with Gasteiger partial charge in [-0.25, -0.2) is 9.07 Å². The highest BCUT2D eigenvalue weighted by atomic mass is 35.5. The van der Waals surface area contributed by atoms with Crippen LogP contribution in [-0.2, 0) is 4.79 Å². The molecule has 27 heavy (non-hydrogen) atoms. The summed E-state index contributed by atoms with van der Waals surface area (Å²) in [5.41, 5.74) is 2.46. The van der Waals surface area contributed by atoms with Crippen molar-refractivity contribution < 1.29 is 9.18 Å². The topological polar surface area (TPSA) is 59.0 Å². The lowest BCUT2D eigenvalue weighted by atomic mass is 10.1. The monoisotopic (exact) mass is 386 g/mol. The number of halogens is 2. The number of aryl methyl sites for hydroxylation is 1. The van der Waals surface area contributed by atoms with Gasteiger partial charge in [-0.1, -0.05) is 23.7 Å². The van der Waals surface area contributed by atoms with Gasteiger partial charge in [0.25, 0.3) is 0 Å². The van der Waals surface area contributed by atoms with Gasteiger partial charge >= 0.3 is 0 Å². The number of anilines is 1. The minimum atomic E-state index is -0.325. The van der Waals surface area contributed by atoms with Crippen molar-refractivity contribution in [3.63, 3.8) is 0 Å². The Hall–Kier alpha value is -2.70. The molecule has 1 unspecified atom stereocenters. The summed E-state index contributed by atoms with van der Waals surface area (Å²) < 4.78 is 14.7. The van der Waals surface area contributed by atoms with Gasteiger partial charge in [0.2, 0.25) is 5.91 Å². The Kier molecular flexibility index (Phi) is 5.88. The van der Waals surface area contributed by atoms with Gasteiger partial charge in [0.05, 0.1) is 17.9 Å². The van der Waals surface area contributed by atoms with Gasteiger partial charge in [0.1, 0.15) is 11.6 Å². The Bertz CT molecular complexity index is 922. The molecule has 3 aromatic rings. The average molecular weight is 387 g/mol. The highest BCUT2D eigenvalue weighted by molar-refractivity contribution is 6.30. The fourth-order valence-electron chi connectivity index (χ4n) is 2.67. The van der Waals surface area contributed by atoms with Crippen LogP contribution in [0.2, 0.25) is 5.02 Å². The molecule has 2 N–H and O–H groups in total. The quantitative estimate of drug-likeness (QED) is 0.665. The lowest BCUT2D eigenvalue weighted by Gasteiger charge is -2.14. The van der Waals surface area contributed by atoms with Crippen LogP contribution in [0.4, 0.5) is 10.2 Å². The normalized spacial score (nSPS) is 12.0. The van der Waals surface area contributed by atoms with Crippen molar-refractivity contribution in [1.82, 2.24) is 15.1 Å². The molecule has 1 atom stereocenters. The Balaban J connectivity index is 1.64. The Morgan fingerprint density at radius 2 is 1.85 bits per heavy atom. The summed E-state index contributed by atoms with van der Waals surface area (Å²) in [5.74, 6) is 0.0118. The van der Waals surface area contributed by atoms with Gasteiger partial charge in [0, 0.05) is 17.1 Å². The molecule has 2 aromatic carbocycles. The lowest BCUT2D eigenvalue weighted by molar-refractivity contribution is -0.115. The van der Waals surface area contributed by atoms with Crippen LogP contribution in [0.25, 0.3) is 5.69 Å². The molecule has 5 nitrogen and oxygen atoms in total. The number of hydrogen-bond donors (Lipinski definition) is 2. The second-order valence-electron chi connectivity index (χ2n) is 6.26. The highest BCUT2D eigenvalue weighted by Gasteiger charge is 2.12. The molecule has 1 amide bonds. The van der Waals surface area contributed by atoms with Crippen LogP contribution in [0, 0.1) is 12.7 Å². The molecule has 0 fully saturated rings. The van der Waals surface area contributed by atoms with Crippen molar-refractivity contribution in [2.45, 2.75) is 19.9 Å². The van der Waals surface area contributed by atoms with E-state index < -0.39 is 0 Å². The van der Waals surface area contributed by atoms with Crippen LogP contribution in [0.15, 0.2) is 54.6 Å². The average Bonchev–Trinajstić information content (AvgIpc) is 3.01. The van der Waals surface area contributed by atoms with Gasteiger partial charge < -0.3 is 10.6 Å². The summed E-state index contributed by atoms with van der Waals surface area (Å²) in [6.45, 7) is 3.94. The Labute approximate surface area is 162 Å². The molecule has 1 aromatic heterocycles. The standard InChI is InChI=1S/C20H20ClFN4O/c1-13-11-19(26(25-13)18-9-7-17(22)8-10-18)24-20(27)12-23-14(2)15-3-5-16(21)6-4-15/h3-11,14,23H,12H2,1-2H3,(H,24,27). The van der Waals surface area contributed by atoms with E-state index >= 15 is 0 Å². The van der Waals surface area contributed by atoms with E-state index in [0.29, 0.717) is 16.5 Å². The molecule has 0 radical (unpaired) electrons. The fourth-order valence-corrected chi connectivity index (χ4v) is 2.80.